The van der Waals surface area contributed by atoms with Gasteiger partial charge in [0.25, 0.3) is 5.91 Å². The SMILES string of the molecule is CCCN1CCC2(CC1)NC(=O)N([C@H]1CCCN(C(=O)C(C)(C)C)C1)C2=O. The van der Waals surface area contributed by atoms with Crippen LogP contribution < -0.4 is 5.32 Å². The molecule has 152 valence electrons. The van der Waals surface area contributed by atoms with E-state index in [1.165, 1.54) is 4.90 Å². The molecule has 3 fully saturated rings. The first-order chi connectivity index (χ1) is 12.7. The molecule has 27 heavy (non-hydrogen) atoms. The van der Waals surface area contributed by atoms with Crippen LogP contribution in [0.1, 0.15) is 59.8 Å². The lowest BCUT2D eigenvalue weighted by Gasteiger charge is -2.40. The number of carbonyl (C=O) groups excluding carboxylic acids is 3. The number of piperidine rings is 2. The summed E-state index contributed by atoms with van der Waals surface area (Å²) in [6.07, 6.45) is 4.03. The summed E-state index contributed by atoms with van der Waals surface area (Å²) in [6.45, 7) is 11.8. The molecular formula is C20H34N4O3. The van der Waals surface area contributed by atoms with Gasteiger partial charge in [-0.15, -0.1) is 0 Å². The lowest BCUT2D eigenvalue weighted by molar-refractivity contribution is -0.144. The van der Waals surface area contributed by atoms with Crippen LogP contribution in [-0.4, -0.2) is 76.8 Å². The summed E-state index contributed by atoms with van der Waals surface area (Å²) in [5.41, 5.74) is -1.19. The zero-order valence-electron chi connectivity index (χ0n) is 17.2. The van der Waals surface area contributed by atoms with E-state index in [2.05, 4.69) is 17.1 Å². The van der Waals surface area contributed by atoms with Gasteiger partial charge in [-0.05, 0) is 38.6 Å². The van der Waals surface area contributed by atoms with Crippen molar-refractivity contribution in [1.29, 1.82) is 0 Å². The van der Waals surface area contributed by atoms with E-state index < -0.39 is 11.0 Å². The highest BCUT2D eigenvalue weighted by atomic mass is 16.2. The number of rotatable bonds is 3. The summed E-state index contributed by atoms with van der Waals surface area (Å²) in [4.78, 5) is 44.2. The van der Waals surface area contributed by atoms with Crippen LogP contribution in [-0.2, 0) is 9.59 Å². The standard InChI is InChI=1S/C20H34N4O3/c1-5-10-22-12-8-20(9-13-22)17(26)24(18(27)21-20)15-7-6-11-23(14-15)16(25)19(2,3)4/h15H,5-14H2,1-4H3,(H,21,27)/t15-/m0/s1. The fourth-order valence-electron chi connectivity index (χ4n) is 4.61. The predicted molar refractivity (Wildman–Crippen MR) is 103 cm³/mol. The molecule has 0 bridgehead atoms. The van der Waals surface area contributed by atoms with Crippen molar-refractivity contribution >= 4 is 17.8 Å². The van der Waals surface area contributed by atoms with E-state index in [1.807, 2.05) is 25.7 Å². The Balaban J connectivity index is 1.69. The van der Waals surface area contributed by atoms with E-state index in [9.17, 15) is 14.4 Å². The van der Waals surface area contributed by atoms with Gasteiger partial charge in [0, 0.05) is 31.6 Å². The minimum atomic E-state index is -0.738. The van der Waals surface area contributed by atoms with Crippen molar-refractivity contribution in [2.45, 2.75) is 71.4 Å². The van der Waals surface area contributed by atoms with Gasteiger partial charge in [-0.25, -0.2) is 4.79 Å². The number of nitrogens with zero attached hydrogens (tertiary/aromatic N) is 3. The molecule has 0 aromatic rings. The van der Waals surface area contributed by atoms with Crippen LogP contribution in [0.3, 0.4) is 0 Å². The maximum atomic E-state index is 13.3. The molecule has 0 radical (unpaired) electrons. The normalized spacial score (nSPS) is 26.6. The third-order valence-electron chi connectivity index (χ3n) is 6.13. The quantitative estimate of drug-likeness (QED) is 0.761. The molecule has 3 rings (SSSR count). The molecule has 1 N–H and O–H groups in total. The lowest BCUT2D eigenvalue weighted by atomic mass is 9.87. The Kier molecular flexibility index (Phi) is 5.52. The van der Waals surface area contributed by atoms with Gasteiger partial charge in [0.2, 0.25) is 5.91 Å². The van der Waals surface area contributed by atoms with Gasteiger partial charge in [-0.2, -0.15) is 0 Å². The van der Waals surface area contributed by atoms with E-state index in [4.69, 9.17) is 0 Å². The number of carbonyl (C=O) groups is 3. The van der Waals surface area contributed by atoms with Crippen LogP contribution in [0.5, 0.6) is 0 Å². The molecule has 7 heteroatoms. The fraction of sp³-hybridized carbons (Fsp3) is 0.850. The molecule has 3 heterocycles. The summed E-state index contributed by atoms with van der Waals surface area (Å²) in [5, 5.41) is 3.01. The molecular weight excluding hydrogens is 344 g/mol. The molecule has 0 saturated carbocycles. The Hall–Kier alpha value is -1.63. The number of likely N-dealkylation sites (tertiary alicyclic amines) is 2. The van der Waals surface area contributed by atoms with Gasteiger partial charge in [0.05, 0.1) is 6.04 Å². The molecule has 1 spiro atoms. The van der Waals surface area contributed by atoms with Crippen molar-refractivity contribution in [3.8, 4) is 0 Å². The summed E-state index contributed by atoms with van der Waals surface area (Å²) in [5.74, 6) is 0.000507. The topological polar surface area (TPSA) is 73.0 Å². The zero-order valence-corrected chi connectivity index (χ0v) is 17.2. The van der Waals surface area contributed by atoms with Crippen LogP contribution in [0.4, 0.5) is 4.79 Å². The maximum absolute atomic E-state index is 13.3. The summed E-state index contributed by atoms with van der Waals surface area (Å²) < 4.78 is 0. The molecule has 4 amide bonds. The number of amides is 4. The molecule has 0 unspecified atom stereocenters. The van der Waals surface area contributed by atoms with Gasteiger partial charge in [-0.3, -0.25) is 14.5 Å². The Morgan fingerprint density at radius 2 is 1.85 bits per heavy atom. The Morgan fingerprint density at radius 3 is 2.44 bits per heavy atom. The fourth-order valence-corrected chi connectivity index (χ4v) is 4.61. The molecule has 3 aliphatic rings. The number of imide groups is 1. The Bertz CT molecular complexity index is 605. The average molecular weight is 379 g/mol. The Labute approximate surface area is 162 Å². The van der Waals surface area contributed by atoms with E-state index in [1.54, 1.807) is 0 Å². The van der Waals surface area contributed by atoms with E-state index in [-0.39, 0.29) is 23.9 Å². The van der Waals surface area contributed by atoms with Crippen molar-refractivity contribution in [3.63, 3.8) is 0 Å². The maximum Gasteiger partial charge on any atom is 0.325 e. The van der Waals surface area contributed by atoms with Crippen LogP contribution in [0.25, 0.3) is 0 Å². The molecule has 3 aliphatic heterocycles. The lowest BCUT2D eigenvalue weighted by Crippen LogP contribution is -2.57. The third kappa shape index (κ3) is 3.84. The van der Waals surface area contributed by atoms with Gasteiger partial charge in [-0.1, -0.05) is 27.7 Å². The Morgan fingerprint density at radius 1 is 1.19 bits per heavy atom. The van der Waals surface area contributed by atoms with Crippen molar-refractivity contribution in [2.75, 3.05) is 32.7 Å². The van der Waals surface area contributed by atoms with Crippen LogP contribution in [0.15, 0.2) is 0 Å². The molecule has 7 nitrogen and oxygen atoms in total. The third-order valence-corrected chi connectivity index (χ3v) is 6.13. The first-order valence-corrected chi connectivity index (χ1v) is 10.4. The highest BCUT2D eigenvalue weighted by Crippen LogP contribution is 2.33. The zero-order chi connectivity index (χ0) is 19.8. The molecule has 0 aromatic carbocycles. The van der Waals surface area contributed by atoms with Crippen molar-refractivity contribution in [3.05, 3.63) is 0 Å². The second-order valence-corrected chi connectivity index (χ2v) is 9.33. The van der Waals surface area contributed by atoms with Crippen molar-refractivity contribution in [1.82, 2.24) is 20.0 Å². The van der Waals surface area contributed by atoms with E-state index >= 15 is 0 Å². The largest absolute Gasteiger partial charge is 0.340 e. The van der Waals surface area contributed by atoms with Crippen LogP contribution in [0, 0.1) is 5.41 Å². The monoisotopic (exact) mass is 378 g/mol. The molecule has 1 atom stereocenters. The molecule has 0 aliphatic carbocycles. The predicted octanol–water partition coefficient (Wildman–Crippen LogP) is 1.82. The molecule has 3 saturated heterocycles. The minimum absolute atomic E-state index is 0.0845. The minimum Gasteiger partial charge on any atom is -0.340 e. The van der Waals surface area contributed by atoms with Gasteiger partial charge in [0.1, 0.15) is 5.54 Å². The second-order valence-electron chi connectivity index (χ2n) is 9.33. The number of urea groups is 1. The average Bonchev–Trinajstić information content (AvgIpc) is 2.86. The first-order valence-electron chi connectivity index (χ1n) is 10.4. The van der Waals surface area contributed by atoms with Gasteiger partial charge < -0.3 is 15.1 Å². The number of hydrogen-bond donors (Lipinski definition) is 1. The molecule has 0 aromatic heterocycles. The van der Waals surface area contributed by atoms with Crippen LogP contribution in [0.2, 0.25) is 0 Å². The van der Waals surface area contributed by atoms with E-state index in [0.717, 1.165) is 38.9 Å². The highest BCUT2D eigenvalue weighted by molar-refractivity contribution is 6.07. The summed E-state index contributed by atoms with van der Waals surface area (Å²) in [7, 11) is 0. The van der Waals surface area contributed by atoms with Gasteiger partial charge in [0.15, 0.2) is 0 Å². The second kappa shape index (κ2) is 7.41. The smallest absolute Gasteiger partial charge is 0.325 e. The summed E-state index contributed by atoms with van der Waals surface area (Å²) in [6, 6.07) is -0.496. The number of nitrogens with one attached hydrogen (secondary N) is 1. The first kappa shape index (κ1) is 20.1. The van der Waals surface area contributed by atoms with Gasteiger partial charge >= 0.3 is 6.03 Å². The summed E-state index contributed by atoms with van der Waals surface area (Å²) >= 11 is 0. The van der Waals surface area contributed by atoms with E-state index in [0.29, 0.717) is 25.9 Å². The van der Waals surface area contributed by atoms with Crippen molar-refractivity contribution < 1.29 is 14.4 Å². The van der Waals surface area contributed by atoms with Crippen LogP contribution >= 0.6 is 0 Å². The highest BCUT2D eigenvalue weighted by Gasteiger charge is 2.54. The number of hydrogen-bond acceptors (Lipinski definition) is 4. The van der Waals surface area contributed by atoms with Crippen molar-refractivity contribution in [2.24, 2.45) is 5.41 Å².